The second kappa shape index (κ2) is 6.36. The highest BCUT2D eigenvalue weighted by molar-refractivity contribution is 5.85. The third kappa shape index (κ3) is 3.54. The SMILES string of the molecule is Cl.O=[N+]([O-])c1cccnc1NCC1CCNC1. The number of halogens is 1. The summed E-state index contributed by atoms with van der Waals surface area (Å²) in [4.78, 5) is 14.3. The van der Waals surface area contributed by atoms with Gasteiger partial charge in [-0.2, -0.15) is 0 Å². The first-order valence-corrected chi connectivity index (χ1v) is 5.31. The second-order valence-corrected chi connectivity index (χ2v) is 3.87. The van der Waals surface area contributed by atoms with Gasteiger partial charge in [0.25, 0.3) is 0 Å². The highest BCUT2D eigenvalue weighted by atomic mass is 35.5. The number of pyridine rings is 1. The minimum absolute atomic E-state index is 0. The van der Waals surface area contributed by atoms with Gasteiger partial charge in [-0.25, -0.2) is 4.98 Å². The summed E-state index contributed by atoms with van der Waals surface area (Å²) >= 11 is 0. The highest BCUT2D eigenvalue weighted by Gasteiger charge is 2.17. The first-order chi connectivity index (χ1) is 7.77. The predicted octanol–water partition coefficient (Wildman–Crippen LogP) is 1.43. The summed E-state index contributed by atoms with van der Waals surface area (Å²) in [5.74, 6) is 0.890. The van der Waals surface area contributed by atoms with Crippen molar-refractivity contribution < 1.29 is 4.92 Å². The maximum Gasteiger partial charge on any atom is 0.311 e. The van der Waals surface area contributed by atoms with Gasteiger partial charge in [0, 0.05) is 18.8 Å². The lowest BCUT2D eigenvalue weighted by atomic mass is 10.1. The third-order valence-corrected chi connectivity index (χ3v) is 2.70. The number of hydrogen-bond donors (Lipinski definition) is 2. The average molecular weight is 259 g/mol. The van der Waals surface area contributed by atoms with Crippen LogP contribution in [0.1, 0.15) is 6.42 Å². The zero-order chi connectivity index (χ0) is 11.4. The van der Waals surface area contributed by atoms with Gasteiger partial charge in [0.2, 0.25) is 5.82 Å². The summed E-state index contributed by atoms with van der Waals surface area (Å²) in [6.45, 7) is 2.72. The van der Waals surface area contributed by atoms with Crippen molar-refractivity contribution in [2.45, 2.75) is 6.42 Å². The maximum absolute atomic E-state index is 10.7. The Morgan fingerprint density at radius 1 is 1.65 bits per heavy atom. The lowest BCUT2D eigenvalue weighted by molar-refractivity contribution is -0.384. The van der Waals surface area contributed by atoms with Crippen molar-refractivity contribution in [1.82, 2.24) is 10.3 Å². The number of aromatic nitrogens is 1. The van der Waals surface area contributed by atoms with Crippen molar-refractivity contribution in [3.8, 4) is 0 Å². The van der Waals surface area contributed by atoms with E-state index in [1.807, 2.05) is 0 Å². The number of nitrogens with zero attached hydrogens (tertiary/aromatic N) is 2. The molecule has 1 fully saturated rings. The molecule has 2 rings (SSSR count). The normalized spacial score (nSPS) is 18.5. The fourth-order valence-electron chi connectivity index (χ4n) is 1.81. The van der Waals surface area contributed by atoms with Crippen LogP contribution in [0.4, 0.5) is 11.5 Å². The first kappa shape index (κ1) is 13.7. The number of hydrogen-bond acceptors (Lipinski definition) is 5. The van der Waals surface area contributed by atoms with E-state index in [0.717, 1.165) is 26.1 Å². The molecule has 0 bridgehead atoms. The molecule has 2 heterocycles. The zero-order valence-corrected chi connectivity index (χ0v) is 10.1. The molecule has 17 heavy (non-hydrogen) atoms. The van der Waals surface area contributed by atoms with Gasteiger partial charge in [0.05, 0.1) is 4.92 Å². The molecule has 1 saturated heterocycles. The van der Waals surface area contributed by atoms with Crippen molar-refractivity contribution in [2.75, 3.05) is 25.0 Å². The smallest absolute Gasteiger partial charge is 0.311 e. The molecule has 0 saturated carbocycles. The fourth-order valence-corrected chi connectivity index (χ4v) is 1.81. The Morgan fingerprint density at radius 3 is 3.12 bits per heavy atom. The average Bonchev–Trinajstić information content (AvgIpc) is 2.79. The maximum atomic E-state index is 10.7. The van der Waals surface area contributed by atoms with E-state index in [1.165, 1.54) is 6.07 Å². The Morgan fingerprint density at radius 2 is 2.47 bits per heavy atom. The topological polar surface area (TPSA) is 80.1 Å². The van der Waals surface area contributed by atoms with E-state index in [1.54, 1.807) is 12.3 Å². The van der Waals surface area contributed by atoms with Crippen LogP contribution in [-0.4, -0.2) is 29.5 Å². The molecule has 1 unspecified atom stereocenters. The van der Waals surface area contributed by atoms with Crippen molar-refractivity contribution in [3.05, 3.63) is 28.4 Å². The van der Waals surface area contributed by atoms with Crippen LogP contribution in [-0.2, 0) is 0 Å². The van der Waals surface area contributed by atoms with Crippen LogP contribution in [0, 0.1) is 16.0 Å². The lowest BCUT2D eigenvalue weighted by Crippen LogP contribution is -2.18. The predicted molar refractivity (Wildman–Crippen MR) is 67.6 cm³/mol. The molecule has 1 aliphatic heterocycles. The number of nitro groups is 1. The minimum Gasteiger partial charge on any atom is -0.364 e. The summed E-state index contributed by atoms with van der Waals surface area (Å²) in [5.41, 5.74) is 0.0356. The van der Waals surface area contributed by atoms with Crippen molar-refractivity contribution >= 4 is 23.9 Å². The fraction of sp³-hybridized carbons (Fsp3) is 0.500. The molecule has 7 heteroatoms. The molecule has 1 atom stereocenters. The van der Waals surface area contributed by atoms with Crippen LogP contribution in [0.3, 0.4) is 0 Å². The third-order valence-electron chi connectivity index (χ3n) is 2.70. The van der Waals surface area contributed by atoms with E-state index >= 15 is 0 Å². The summed E-state index contributed by atoms with van der Waals surface area (Å²) in [6, 6.07) is 3.03. The molecule has 0 amide bonds. The van der Waals surface area contributed by atoms with Crippen LogP contribution < -0.4 is 10.6 Å². The van der Waals surface area contributed by atoms with Crippen LogP contribution in [0.2, 0.25) is 0 Å². The lowest BCUT2D eigenvalue weighted by Gasteiger charge is -2.10. The van der Waals surface area contributed by atoms with Crippen LogP contribution >= 0.6 is 12.4 Å². The second-order valence-electron chi connectivity index (χ2n) is 3.87. The first-order valence-electron chi connectivity index (χ1n) is 5.31. The van der Waals surface area contributed by atoms with Gasteiger partial charge in [-0.05, 0) is 31.5 Å². The van der Waals surface area contributed by atoms with Crippen molar-refractivity contribution in [2.24, 2.45) is 5.92 Å². The summed E-state index contributed by atoms with van der Waals surface area (Å²) < 4.78 is 0. The van der Waals surface area contributed by atoms with Crippen LogP contribution in [0.25, 0.3) is 0 Å². The molecule has 1 aromatic heterocycles. The van der Waals surface area contributed by atoms with Gasteiger partial charge in [-0.1, -0.05) is 0 Å². The van der Waals surface area contributed by atoms with E-state index in [4.69, 9.17) is 0 Å². The Balaban J connectivity index is 0.00000144. The van der Waals surface area contributed by atoms with E-state index in [0.29, 0.717) is 11.7 Å². The van der Waals surface area contributed by atoms with Gasteiger partial charge in [0.1, 0.15) is 0 Å². The molecule has 0 aromatic carbocycles. The molecule has 1 aliphatic rings. The monoisotopic (exact) mass is 258 g/mol. The van der Waals surface area contributed by atoms with E-state index in [-0.39, 0.29) is 18.1 Å². The molecule has 94 valence electrons. The largest absolute Gasteiger partial charge is 0.364 e. The van der Waals surface area contributed by atoms with E-state index in [9.17, 15) is 10.1 Å². The molecule has 1 aromatic rings. The Hall–Kier alpha value is -1.40. The molecule has 0 spiro atoms. The van der Waals surface area contributed by atoms with Gasteiger partial charge in [0.15, 0.2) is 0 Å². The van der Waals surface area contributed by atoms with Crippen molar-refractivity contribution in [1.29, 1.82) is 0 Å². The summed E-state index contributed by atoms with van der Waals surface area (Å²) in [5, 5.41) is 17.0. The molecule has 0 aliphatic carbocycles. The molecule has 2 N–H and O–H groups in total. The van der Waals surface area contributed by atoms with Crippen molar-refractivity contribution in [3.63, 3.8) is 0 Å². The van der Waals surface area contributed by atoms with Gasteiger partial charge in [-0.3, -0.25) is 10.1 Å². The number of anilines is 1. The number of nitrogens with one attached hydrogen (secondary N) is 2. The molecule has 0 radical (unpaired) electrons. The van der Waals surface area contributed by atoms with E-state index < -0.39 is 4.92 Å². The summed E-state index contributed by atoms with van der Waals surface area (Å²) in [6.07, 6.45) is 2.66. The zero-order valence-electron chi connectivity index (χ0n) is 9.26. The van der Waals surface area contributed by atoms with Gasteiger partial charge < -0.3 is 10.6 Å². The Labute approximate surface area is 105 Å². The van der Waals surface area contributed by atoms with E-state index in [2.05, 4.69) is 15.6 Å². The summed E-state index contributed by atoms with van der Waals surface area (Å²) in [7, 11) is 0. The standard InChI is InChI=1S/C10H14N4O2.ClH/c15-14(16)9-2-1-4-12-10(9)13-7-8-3-5-11-6-8;/h1-2,4,8,11H,3,5-7H2,(H,12,13);1H. The quantitative estimate of drug-likeness (QED) is 0.631. The highest BCUT2D eigenvalue weighted by Crippen LogP contribution is 2.21. The minimum atomic E-state index is -0.414. The Kier molecular flexibility index (Phi) is 5.11. The molecular formula is C10H15ClN4O2. The molecule has 6 nitrogen and oxygen atoms in total. The Bertz CT molecular complexity index is 382. The molecular weight excluding hydrogens is 244 g/mol. The van der Waals surface area contributed by atoms with Gasteiger partial charge >= 0.3 is 5.69 Å². The van der Waals surface area contributed by atoms with Crippen LogP contribution in [0.5, 0.6) is 0 Å². The van der Waals surface area contributed by atoms with Crippen LogP contribution in [0.15, 0.2) is 18.3 Å². The number of rotatable bonds is 4. The van der Waals surface area contributed by atoms with Gasteiger partial charge in [-0.15, -0.1) is 12.4 Å².